The van der Waals surface area contributed by atoms with Crippen LogP contribution in [0.5, 0.6) is 0 Å². The van der Waals surface area contributed by atoms with Gasteiger partial charge < -0.3 is 10.0 Å². The molecule has 1 unspecified atom stereocenters. The monoisotopic (exact) mass is 291 g/mol. The lowest BCUT2D eigenvalue weighted by atomic mass is 9.92. The molecule has 1 aliphatic rings. The highest BCUT2D eigenvalue weighted by Gasteiger charge is 2.25. The van der Waals surface area contributed by atoms with E-state index in [2.05, 4.69) is 25.7 Å². The van der Waals surface area contributed by atoms with Crippen molar-refractivity contribution in [1.29, 1.82) is 0 Å². The summed E-state index contributed by atoms with van der Waals surface area (Å²) in [6, 6.07) is 6.60. The second-order valence-corrected chi connectivity index (χ2v) is 5.98. The standard InChI is InChI=1S/C17H22FNO2/c1-10(2)19-11(3)5-6-14-9-13(7-8-15(14)19)12(4)16(18)17(20)21/h7-11H,5-6H2,1-4H3,(H,20,21)/b16-12+. The van der Waals surface area contributed by atoms with E-state index in [-0.39, 0.29) is 5.57 Å². The van der Waals surface area contributed by atoms with Gasteiger partial charge in [0, 0.05) is 17.8 Å². The summed E-state index contributed by atoms with van der Waals surface area (Å²) in [7, 11) is 0. The average molecular weight is 291 g/mol. The highest BCUT2D eigenvalue weighted by Crippen LogP contribution is 2.34. The first kappa shape index (κ1) is 15.5. The summed E-state index contributed by atoms with van der Waals surface area (Å²) in [6.07, 6.45) is 1.99. The fourth-order valence-corrected chi connectivity index (χ4v) is 3.09. The number of allylic oxidation sites excluding steroid dienone is 1. The van der Waals surface area contributed by atoms with Crippen LogP contribution in [0.15, 0.2) is 24.0 Å². The van der Waals surface area contributed by atoms with Crippen LogP contribution < -0.4 is 4.90 Å². The number of carboxylic acid groups (broad SMARTS) is 1. The van der Waals surface area contributed by atoms with Crippen molar-refractivity contribution >= 4 is 17.2 Å². The second-order valence-electron chi connectivity index (χ2n) is 5.98. The predicted octanol–water partition coefficient (Wildman–Crippen LogP) is 4.02. The fourth-order valence-electron chi connectivity index (χ4n) is 3.09. The van der Waals surface area contributed by atoms with Gasteiger partial charge in [-0.25, -0.2) is 4.79 Å². The first-order valence-corrected chi connectivity index (χ1v) is 7.34. The molecule has 0 bridgehead atoms. The molecule has 0 radical (unpaired) electrons. The average Bonchev–Trinajstić information content (AvgIpc) is 2.44. The number of carboxylic acids is 1. The maximum absolute atomic E-state index is 13.6. The first-order chi connectivity index (χ1) is 9.82. The van der Waals surface area contributed by atoms with E-state index in [1.54, 1.807) is 0 Å². The summed E-state index contributed by atoms with van der Waals surface area (Å²) in [4.78, 5) is 13.1. The third-order valence-electron chi connectivity index (χ3n) is 4.17. The van der Waals surface area contributed by atoms with E-state index in [0.717, 1.165) is 18.4 Å². The molecule has 1 aliphatic heterocycles. The first-order valence-electron chi connectivity index (χ1n) is 7.34. The zero-order valence-electron chi connectivity index (χ0n) is 13.0. The Labute approximate surface area is 125 Å². The summed E-state index contributed by atoms with van der Waals surface area (Å²) in [5.41, 5.74) is 3.17. The Bertz CT molecular complexity index is 592. The molecular weight excluding hydrogens is 269 g/mol. The lowest BCUT2D eigenvalue weighted by Gasteiger charge is -2.40. The molecular formula is C17H22FNO2. The topological polar surface area (TPSA) is 40.5 Å². The van der Waals surface area contributed by atoms with Crippen LogP contribution in [0.25, 0.3) is 5.57 Å². The molecule has 1 aromatic rings. The third kappa shape index (κ3) is 2.94. The molecule has 0 saturated heterocycles. The van der Waals surface area contributed by atoms with Crippen LogP contribution in [0.4, 0.5) is 10.1 Å². The minimum Gasteiger partial charge on any atom is -0.476 e. The molecule has 3 nitrogen and oxygen atoms in total. The Morgan fingerprint density at radius 3 is 2.67 bits per heavy atom. The number of aryl methyl sites for hydroxylation is 1. The van der Waals surface area contributed by atoms with Crippen LogP contribution in [0, 0.1) is 0 Å². The zero-order valence-corrected chi connectivity index (χ0v) is 13.0. The highest BCUT2D eigenvalue weighted by atomic mass is 19.1. The summed E-state index contributed by atoms with van der Waals surface area (Å²) in [6.45, 7) is 8.05. The van der Waals surface area contributed by atoms with Gasteiger partial charge in [-0.15, -0.1) is 0 Å². The van der Waals surface area contributed by atoms with Crippen molar-refractivity contribution in [2.24, 2.45) is 0 Å². The fraction of sp³-hybridized carbons (Fsp3) is 0.471. The van der Waals surface area contributed by atoms with Crippen molar-refractivity contribution in [2.45, 2.75) is 52.6 Å². The molecule has 0 aliphatic carbocycles. The highest BCUT2D eigenvalue weighted by molar-refractivity contribution is 5.93. The van der Waals surface area contributed by atoms with E-state index in [4.69, 9.17) is 5.11 Å². The summed E-state index contributed by atoms with van der Waals surface area (Å²) < 4.78 is 13.6. The molecule has 114 valence electrons. The van der Waals surface area contributed by atoms with E-state index < -0.39 is 11.8 Å². The zero-order chi connectivity index (χ0) is 15.7. The van der Waals surface area contributed by atoms with E-state index in [1.165, 1.54) is 12.6 Å². The Balaban J connectivity index is 2.46. The quantitative estimate of drug-likeness (QED) is 0.855. The molecule has 1 atom stereocenters. The van der Waals surface area contributed by atoms with Crippen LogP contribution in [-0.4, -0.2) is 23.2 Å². The van der Waals surface area contributed by atoms with Gasteiger partial charge >= 0.3 is 5.97 Å². The number of rotatable bonds is 3. The Hall–Kier alpha value is -1.84. The lowest BCUT2D eigenvalue weighted by Crippen LogP contribution is -2.42. The van der Waals surface area contributed by atoms with Crippen molar-refractivity contribution in [2.75, 3.05) is 4.90 Å². The van der Waals surface area contributed by atoms with Crippen molar-refractivity contribution in [1.82, 2.24) is 0 Å². The number of fused-ring (bicyclic) bond motifs is 1. The maximum Gasteiger partial charge on any atom is 0.365 e. The number of aliphatic carboxylic acids is 1. The minimum atomic E-state index is -1.51. The van der Waals surface area contributed by atoms with Gasteiger partial charge in [-0.3, -0.25) is 0 Å². The van der Waals surface area contributed by atoms with Gasteiger partial charge in [-0.05, 0) is 69.4 Å². The van der Waals surface area contributed by atoms with Crippen LogP contribution in [0.2, 0.25) is 0 Å². The largest absolute Gasteiger partial charge is 0.476 e. The molecule has 1 N–H and O–H groups in total. The maximum atomic E-state index is 13.6. The number of benzene rings is 1. The number of halogens is 1. The van der Waals surface area contributed by atoms with Gasteiger partial charge in [0.05, 0.1) is 0 Å². The Kier molecular flexibility index (Phi) is 4.35. The van der Waals surface area contributed by atoms with Gasteiger partial charge in [0.15, 0.2) is 0 Å². The summed E-state index contributed by atoms with van der Waals surface area (Å²) in [5.74, 6) is -2.59. The van der Waals surface area contributed by atoms with E-state index in [0.29, 0.717) is 17.6 Å². The molecule has 2 rings (SSSR count). The van der Waals surface area contributed by atoms with Crippen molar-refractivity contribution < 1.29 is 14.3 Å². The Morgan fingerprint density at radius 2 is 2.10 bits per heavy atom. The van der Waals surface area contributed by atoms with Gasteiger partial charge in [0.2, 0.25) is 5.83 Å². The van der Waals surface area contributed by atoms with Crippen molar-refractivity contribution in [3.63, 3.8) is 0 Å². The SMILES string of the molecule is C/C(=C(\F)C(=O)O)c1ccc2c(c1)CCC(C)N2C(C)C. The third-order valence-corrected chi connectivity index (χ3v) is 4.17. The molecule has 21 heavy (non-hydrogen) atoms. The van der Waals surface area contributed by atoms with Crippen LogP contribution in [-0.2, 0) is 11.2 Å². The number of hydrogen-bond acceptors (Lipinski definition) is 2. The lowest BCUT2D eigenvalue weighted by molar-refractivity contribution is -0.134. The molecule has 0 spiro atoms. The van der Waals surface area contributed by atoms with Gasteiger partial charge in [0.25, 0.3) is 0 Å². The van der Waals surface area contributed by atoms with Gasteiger partial charge in [0.1, 0.15) is 0 Å². The van der Waals surface area contributed by atoms with E-state index in [1.807, 2.05) is 18.2 Å². The normalized spacial score (nSPS) is 19.3. The molecule has 0 fully saturated rings. The minimum absolute atomic E-state index is 0.181. The van der Waals surface area contributed by atoms with E-state index >= 15 is 0 Å². The van der Waals surface area contributed by atoms with Crippen LogP contribution in [0.3, 0.4) is 0 Å². The molecule has 1 heterocycles. The Morgan fingerprint density at radius 1 is 1.43 bits per heavy atom. The summed E-state index contributed by atoms with van der Waals surface area (Å²) in [5, 5.41) is 8.76. The molecule has 1 aromatic carbocycles. The predicted molar refractivity (Wildman–Crippen MR) is 83.2 cm³/mol. The van der Waals surface area contributed by atoms with Crippen LogP contribution in [0.1, 0.15) is 45.2 Å². The molecule has 0 aromatic heterocycles. The molecule has 0 saturated carbocycles. The van der Waals surface area contributed by atoms with Crippen LogP contribution >= 0.6 is 0 Å². The molecule has 4 heteroatoms. The molecule has 0 amide bonds. The number of hydrogen-bond donors (Lipinski definition) is 1. The number of carbonyl (C=O) groups is 1. The number of anilines is 1. The summed E-state index contributed by atoms with van der Waals surface area (Å²) >= 11 is 0. The van der Waals surface area contributed by atoms with Gasteiger partial charge in [-0.2, -0.15) is 4.39 Å². The number of nitrogens with zero attached hydrogens (tertiary/aromatic N) is 1. The van der Waals surface area contributed by atoms with Gasteiger partial charge in [-0.1, -0.05) is 6.07 Å². The van der Waals surface area contributed by atoms with Crippen molar-refractivity contribution in [3.8, 4) is 0 Å². The van der Waals surface area contributed by atoms with Crippen molar-refractivity contribution in [3.05, 3.63) is 35.2 Å². The van der Waals surface area contributed by atoms with E-state index in [9.17, 15) is 9.18 Å². The second kappa shape index (κ2) is 5.88. The smallest absolute Gasteiger partial charge is 0.365 e.